The number of hydrogen-bond acceptors (Lipinski definition) is 11. The fourth-order valence-electron chi connectivity index (χ4n) is 8.49. The van der Waals surface area contributed by atoms with Gasteiger partial charge in [0.2, 0.25) is 6.79 Å². The van der Waals surface area contributed by atoms with Crippen molar-refractivity contribution in [1.29, 1.82) is 0 Å². The van der Waals surface area contributed by atoms with Crippen LogP contribution in [-0.2, 0) is 41.8 Å². The van der Waals surface area contributed by atoms with Crippen LogP contribution in [0.4, 0.5) is 4.79 Å². The minimum atomic E-state index is -3.83. The van der Waals surface area contributed by atoms with Crippen molar-refractivity contribution in [3.63, 3.8) is 0 Å². The molecule has 1 aliphatic carbocycles. The van der Waals surface area contributed by atoms with Crippen molar-refractivity contribution < 1.29 is 46.4 Å². The second-order valence-electron chi connectivity index (χ2n) is 15.0. The van der Waals surface area contributed by atoms with E-state index in [-0.39, 0.29) is 43.0 Å². The number of carbonyl (C=O) groups is 1. The van der Waals surface area contributed by atoms with Crippen LogP contribution in [0, 0.1) is 11.8 Å². The van der Waals surface area contributed by atoms with E-state index in [1.54, 1.807) is 23.1 Å². The van der Waals surface area contributed by atoms with Gasteiger partial charge in [0.05, 0.1) is 36.2 Å². The van der Waals surface area contributed by atoms with Crippen molar-refractivity contribution in [2.45, 2.75) is 99.5 Å². The van der Waals surface area contributed by atoms with E-state index in [0.717, 1.165) is 49.0 Å². The van der Waals surface area contributed by atoms with E-state index < -0.39 is 45.3 Å². The van der Waals surface area contributed by atoms with Crippen LogP contribution in [0.3, 0.4) is 0 Å². The molecule has 12 nitrogen and oxygen atoms in total. The second-order valence-corrected chi connectivity index (χ2v) is 17.1. The molecular formula is C40H48N2O10S. The molecule has 4 fully saturated rings. The SMILES string of the molecule is CC1(C)O[C@H](CNC(C2CCCC2)S(=O)(=O)c2ccc3c(c2)OCO3)[C@H](Cc2ccc(OCc3ccccc3)cc2)N1C(=O)O[C@H]1CO[C@H]2OCC[C@H]21. The van der Waals surface area contributed by atoms with E-state index in [1.807, 2.05) is 68.4 Å². The summed E-state index contributed by atoms with van der Waals surface area (Å²) >= 11 is 0. The molecule has 8 rings (SSSR count). The number of sulfone groups is 1. The molecule has 0 bridgehead atoms. The van der Waals surface area contributed by atoms with Gasteiger partial charge in [-0.05, 0) is 80.8 Å². The first kappa shape index (κ1) is 36.1. The molecule has 13 heteroatoms. The van der Waals surface area contributed by atoms with Gasteiger partial charge in [-0.15, -0.1) is 0 Å². The van der Waals surface area contributed by atoms with Crippen molar-refractivity contribution in [3.05, 3.63) is 83.9 Å². The fraction of sp³-hybridized carbons (Fsp3) is 0.525. The Morgan fingerprint density at radius 1 is 0.943 bits per heavy atom. The molecule has 3 saturated heterocycles. The summed E-state index contributed by atoms with van der Waals surface area (Å²) in [4.78, 5) is 16.0. The smallest absolute Gasteiger partial charge is 0.412 e. The molecular weight excluding hydrogens is 701 g/mol. The number of hydrogen-bond donors (Lipinski definition) is 1. The molecule has 3 aromatic rings. The number of nitrogens with zero attached hydrogens (tertiary/aromatic N) is 1. The maximum Gasteiger partial charge on any atom is 0.412 e. The summed E-state index contributed by atoms with van der Waals surface area (Å²) < 4.78 is 69.9. The van der Waals surface area contributed by atoms with Crippen molar-refractivity contribution in [2.75, 3.05) is 26.6 Å². The summed E-state index contributed by atoms with van der Waals surface area (Å²) in [5, 5.41) is 2.60. The van der Waals surface area contributed by atoms with Crippen LogP contribution in [0.15, 0.2) is 77.7 Å². The topological polar surface area (TPSA) is 131 Å². The monoisotopic (exact) mass is 748 g/mol. The summed E-state index contributed by atoms with van der Waals surface area (Å²) in [5.41, 5.74) is 1.00. The van der Waals surface area contributed by atoms with Gasteiger partial charge in [-0.3, -0.25) is 10.2 Å². The number of ether oxygens (including phenoxy) is 7. The Balaban J connectivity index is 1.03. The molecule has 4 aliphatic heterocycles. The summed E-state index contributed by atoms with van der Waals surface area (Å²) in [5.74, 6) is 1.59. The van der Waals surface area contributed by atoms with Crippen molar-refractivity contribution in [1.82, 2.24) is 10.2 Å². The van der Waals surface area contributed by atoms with Gasteiger partial charge in [0, 0.05) is 12.6 Å². The van der Waals surface area contributed by atoms with E-state index in [9.17, 15) is 13.2 Å². The number of amides is 1. The van der Waals surface area contributed by atoms with Crippen LogP contribution in [0.2, 0.25) is 0 Å². The fourth-order valence-corrected chi connectivity index (χ4v) is 10.4. The van der Waals surface area contributed by atoms with Crippen LogP contribution in [-0.4, -0.2) is 81.6 Å². The lowest BCUT2D eigenvalue weighted by atomic mass is 9.99. The van der Waals surface area contributed by atoms with Gasteiger partial charge in [0.15, 0.2) is 27.6 Å². The summed E-state index contributed by atoms with van der Waals surface area (Å²) in [6.45, 7) is 5.26. The molecule has 0 aromatic heterocycles. The van der Waals surface area contributed by atoms with E-state index in [1.165, 1.54) is 0 Å². The van der Waals surface area contributed by atoms with E-state index in [0.29, 0.717) is 31.1 Å². The zero-order valence-electron chi connectivity index (χ0n) is 30.2. The van der Waals surface area contributed by atoms with Gasteiger partial charge in [0.1, 0.15) is 29.6 Å². The van der Waals surface area contributed by atoms with Gasteiger partial charge >= 0.3 is 6.09 Å². The van der Waals surface area contributed by atoms with Gasteiger partial charge in [-0.2, -0.15) is 0 Å². The second kappa shape index (κ2) is 15.1. The Morgan fingerprint density at radius 3 is 2.51 bits per heavy atom. The van der Waals surface area contributed by atoms with E-state index in [2.05, 4.69) is 5.32 Å². The lowest BCUT2D eigenvalue weighted by molar-refractivity contribution is -0.0911. The largest absolute Gasteiger partial charge is 0.489 e. The predicted octanol–water partition coefficient (Wildman–Crippen LogP) is 5.82. The Morgan fingerprint density at radius 2 is 1.72 bits per heavy atom. The van der Waals surface area contributed by atoms with Crippen LogP contribution in [0.1, 0.15) is 57.1 Å². The third-order valence-corrected chi connectivity index (χ3v) is 13.3. The number of carbonyl (C=O) groups excluding carboxylic acids is 1. The molecule has 1 amide bonds. The Labute approximate surface area is 310 Å². The molecule has 1 unspecified atom stereocenters. The molecule has 4 heterocycles. The summed E-state index contributed by atoms with van der Waals surface area (Å²) in [6, 6.07) is 22.1. The minimum Gasteiger partial charge on any atom is -0.489 e. The van der Waals surface area contributed by atoms with Crippen molar-refractivity contribution in [2.24, 2.45) is 11.8 Å². The quantitative estimate of drug-likeness (QED) is 0.241. The molecule has 0 spiro atoms. The van der Waals surface area contributed by atoms with Gasteiger partial charge < -0.3 is 33.2 Å². The Bertz CT molecular complexity index is 1850. The third-order valence-electron chi connectivity index (χ3n) is 11.2. The Kier molecular flexibility index (Phi) is 10.3. The third kappa shape index (κ3) is 7.59. The van der Waals surface area contributed by atoms with Crippen LogP contribution in [0.5, 0.6) is 17.2 Å². The summed E-state index contributed by atoms with van der Waals surface area (Å²) in [6.07, 6.45) is 2.92. The highest BCUT2D eigenvalue weighted by atomic mass is 32.2. The van der Waals surface area contributed by atoms with Crippen LogP contribution >= 0.6 is 0 Å². The normalized spacial score (nSPS) is 26.8. The van der Waals surface area contributed by atoms with Crippen molar-refractivity contribution >= 4 is 15.9 Å². The Hall–Kier alpha value is -3.88. The van der Waals surface area contributed by atoms with Crippen LogP contribution in [0.25, 0.3) is 0 Å². The van der Waals surface area contributed by atoms with Gasteiger partial charge in [0.25, 0.3) is 0 Å². The highest BCUT2D eigenvalue weighted by Crippen LogP contribution is 2.40. The highest BCUT2D eigenvalue weighted by Gasteiger charge is 2.53. The lowest BCUT2D eigenvalue weighted by Crippen LogP contribution is -2.52. The molecule has 284 valence electrons. The maximum absolute atomic E-state index is 14.3. The lowest BCUT2D eigenvalue weighted by Gasteiger charge is -2.34. The highest BCUT2D eigenvalue weighted by molar-refractivity contribution is 7.92. The van der Waals surface area contributed by atoms with E-state index in [4.69, 9.17) is 33.2 Å². The zero-order chi connectivity index (χ0) is 36.6. The average molecular weight is 749 g/mol. The standard InChI is InChI=1S/C40H48N2O10S/c1-40(2)42(39(43)51-36-24-48-38-31(36)18-19-46-38)32(20-26-12-14-29(15-13-26)47-23-27-8-4-3-5-9-27)35(52-40)22-41-37(28-10-6-7-11-28)53(44,45)30-16-17-33-34(21-30)50-25-49-33/h3-5,8-9,12-17,21,28,31-32,35-38,41H,6-7,10-11,18-20,22-25H2,1-2H3/t31-,32-,35+,36-,37?,38+/m0/s1. The average Bonchev–Trinajstić information content (AvgIpc) is 4.00. The summed E-state index contributed by atoms with van der Waals surface area (Å²) in [7, 11) is -3.83. The number of rotatable bonds is 12. The minimum absolute atomic E-state index is 0.0153. The maximum atomic E-state index is 14.3. The molecule has 0 radical (unpaired) electrons. The molecule has 1 saturated carbocycles. The number of benzene rings is 3. The van der Waals surface area contributed by atoms with Gasteiger partial charge in [-0.1, -0.05) is 55.3 Å². The molecule has 53 heavy (non-hydrogen) atoms. The van der Waals surface area contributed by atoms with Gasteiger partial charge in [-0.25, -0.2) is 13.2 Å². The molecule has 3 aromatic carbocycles. The molecule has 5 aliphatic rings. The predicted molar refractivity (Wildman–Crippen MR) is 193 cm³/mol. The van der Waals surface area contributed by atoms with Crippen molar-refractivity contribution in [3.8, 4) is 17.2 Å². The molecule has 6 atom stereocenters. The number of nitrogens with one attached hydrogen (secondary N) is 1. The first-order valence-electron chi connectivity index (χ1n) is 18.7. The first-order chi connectivity index (χ1) is 25.7. The van der Waals surface area contributed by atoms with E-state index >= 15 is 0 Å². The van der Waals surface area contributed by atoms with Crippen LogP contribution < -0.4 is 19.5 Å². The first-order valence-corrected chi connectivity index (χ1v) is 20.2. The zero-order valence-corrected chi connectivity index (χ0v) is 31.0. The number of fused-ring (bicyclic) bond motifs is 2. The molecule has 1 N–H and O–H groups in total.